The summed E-state index contributed by atoms with van der Waals surface area (Å²) in [4.78, 5) is 17.9. The first-order chi connectivity index (χ1) is 19.3. The molecule has 3 aromatic heterocycles. The summed E-state index contributed by atoms with van der Waals surface area (Å²) in [6.07, 6.45) is 8.04. The lowest BCUT2D eigenvalue weighted by molar-refractivity contribution is 0.0750. The highest BCUT2D eigenvalue weighted by Gasteiger charge is 2.31. The zero-order valence-corrected chi connectivity index (χ0v) is 23.9. The molecule has 1 N–H and O–H groups in total. The predicted octanol–water partition coefficient (Wildman–Crippen LogP) is 2.61. The average molecular weight is 587 g/mol. The fourth-order valence-corrected chi connectivity index (χ4v) is 7.88. The fraction of sp³-hybridized carbons (Fsp3) is 0.385. The van der Waals surface area contributed by atoms with Crippen molar-refractivity contribution in [3.63, 3.8) is 0 Å². The van der Waals surface area contributed by atoms with E-state index in [2.05, 4.69) is 40.9 Å². The molecule has 6 rings (SSSR count). The quantitative estimate of drug-likeness (QED) is 0.300. The van der Waals surface area contributed by atoms with Crippen LogP contribution in [0.1, 0.15) is 46.1 Å². The number of pyridine rings is 1. The van der Waals surface area contributed by atoms with E-state index in [-0.39, 0.29) is 28.4 Å². The van der Waals surface area contributed by atoms with Gasteiger partial charge in [-0.2, -0.15) is 4.31 Å². The molecule has 1 amide bonds. The van der Waals surface area contributed by atoms with Crippen LogP contribution < -0.4 is 10.1 Å². The summed E-state index contributed by atoms with van der Waals surface area (Å²) in [6, 6.07) is 7.15. The number of methoxy groups -OCH3 is 1. The minimum absolute atomic E-state index is 0.00201. The van der Waals surface area contributed by atoms with Gasteiger partial charge in [0.15, 0.2) is 26.6 Å². The van der Waals surface area contributed by atoms with Gasteiger partial charge in [-0.05, 0) is 42.5 Å². The van der Waals surface area contributed by atoms with Crippen LogP contribution in [0.2, 0.25) is 0 Å². The topological polar surface area (TPSA) is 116 Å². The second-order valence-corrected chi connectivity index (χ2v) is 13.9. The number of amides is 1. The third-order valence-electron chi connectivity index (χ3n) is 7.15. The summed E-state index contributed by atoms with van der Waals surface area (Å²) >= 11 is 0. The second kappa shape index (κ2) is 10.9. The maximum Gasteiger partial charge on any atom is 0.273 e. The number of ether oxygens (including phenoxy) is 2. The van der Waals surface area contributed by atoms with Crippen LogP contribution in [-0.2, 0) is 27.1 Å². The van der Waals surface area contributed by atoms with E-state index >= 15 is 4.39 Å². The van der Waals surface area contributed by atoms with E-state index in [1.807, 2.05) is 16.7 Å². The molecule has 2 fully saturated rings. The number of nitrogens with zero attached hydrogens (tertiary/aromatic N) is 6. The summed E-state index contributed by atoms with van der Waals surface area (Å²) in [7, 11) is 0.855. The number of nitrogens with one attached hydrogen (secondary N) is 1. The highest BCUT2D eigenvalue weighted by atomic mass is 32.5. The second-order valence-electron chi connectivity index (χ2n) is 9.89. The van der Waals surface area contributed by atoms with Gasteiger partial charge in [0.05, 0.1) is 43.7 Å². The molecule has 0 spiro atoms. The average Bonchev–Trinajstić information content (AvgIpc) is 3.58. The minimum atomic E-state index is -2.87. The first-order valence-electron chi connectivity index (χ1n) is 13.0. The smallest absolute Gasteiger partial charge is 0.273 e. The van der Waals surface area contributed by atoms with Crippen LogP contribution in [0.4, 0.5) is 4.39 Å². The molecule has 210 valence electrons. The fourth-order valence-electron chi connectivity index (χ4n) is 4.84. The SMILES string of the molecule is COc1ccc(S(=O)(=[PH2+])N2CCOCC2)c(CNC(=O)c2cn(Cc3cn4cc(C5CC5)ccc4n3)nn2)c1F. The Morgan fingerprint density at radius 1 is 1.20 bits per heavy atom. The van der Waals surface area contributed by atoms with E-state index in [4.69, 9.17) is 9.47 Å². The van der Waals surface area contributed by atoms with Gasteiger partial charge in [0, 0.05) is 37.6 Å². The number of carbonyl (C=O) groups is 1. The Hall–Kier alpha value is -3.38. The van der Waals surface area contributed by atoms with Gasteiger partial charge < -0.3 is 19.2 Å². The predicted molar refractivity (Wildman–Crippen MR) is 149 cm³/mol. The van der Waals surface area contributed by atoms with Crippen molar-refractivity contribution in [1.29, 1.82) is 0 Å². The number of rotatable bonds is 9. The molecule has 14 heteroatoms. The van der Waals surface area contributed by atoms with Crippen LogP contribution in [0.5, 0.6) is 5.75 Å². The first-order valence-corrected chi connectivity index (χ1v) is 16.0. The van der Waals surface area contributed by atoms with Crippen LogP contribution >= 0.6 is 8.02 Å². The standard InChI is InChI=1S/C26H29FN7O4PS/c1-37-22-5-6-23(40(36,39)34-8-10-38-11-9-34)20(25(22)27)12-28-26(35)21-16-33(31-30-21)15-19-14-32-13-18(17-2-3-17)4-7-24(32)29-19/h4-7,13-14,16-17,39H,2-3,8-12,15H2,1H3,(H,28,35)/p+1. The van der Waals surface area contributed by atoms with Crippen LogP contribution in [0.15, 0.2) is 47.8 Å². The zero-order valence-electron chi connectivity index (χ0n) is 22.0. The molecule has 0 radical (unpaired) electrons. The molecule has 0 bridgehead atoms. The summed E-state index contributed by atoms with van der Waals surface area (Å²) < 4.78 is 45.0. The van der Waals surface area contributed by atoms with Gasteiger partial charge in [0.2, 0.25) is 0 Å². The van der Waals surface area contributed by atoms with Crippen molar-refractivity contribution in [3.05, 3.63) is 71.2 Å². The molecule has 1 aliphatic heterocycles. The Labute approximate surface area is 232 Å². The molecule has 4 aromatic rings. The number of benzene rings is 1. The summed E-state index contributed by atoms with van der Waals surface area (Å²) in [5, 5.41) is 10.8. The summed E-state index contributed by atoms with van der Waals surface area (Å²) in [6.45, 7) is 1.88. The lowest BCUT2D eigenvalue weighted by Crippen LogP contribution is -2.40. The number of hydrogen-bond acceptors (Lipinski definition) is 7. The Bertz CT molecular complexity index is 1680. The van der Waals surface area contributed by atoms with E-state index in [1.54, 1.807) is 10.4 Å². The maximum absolute atomic E-state index is 15.4. The first kappa shape index (κ1) is 26.8. The minimum Gasteiger partial charge on any atom is -0.494 e. The number of fused-ring (bicyclic) bond motifs is 1. The van der Waals surface area contributed by atoms with Crippen molar-refractivity contribution in [3.8, 4) is 5.75 Å². The van der Waals surface area contributed by atoms with Gasteiger partial charge in [-0.3, -0.25) is 4.79 Å². The molecule has 40 heavy (non-hydrogen) atoms. The van der Waals surface area contributed by atoms with Gasteiger partial charge in [-0.25, -0.2) is 18.3 Å². The van der Waals surface area contributed by atoms with Crippen molar-refractivity contribution in [2.24, 2.45) is 0 Å². The molecule has 2 unspecified atom stereocenters. The lowest BCUT2D eigenvalue weighted by Gasteiger charge is -2.27. The normalized spacial score (nSPS) is 17.6. The third-order valence-corrected chi connectivity index (χ3v) is 10.9. The lowest BCUT2D eigenvalue weighted by atomic mass is 10.2. The van der Waals surface area contributed by atoms with E-state index in [1.165, 1.54) is 42.5 Å². The van der Waals surface area contributed by atoms with Crippen LogP contribution in [0.25, 0.3) is 5.65 Å². The number of halogens is 1. The van der Waals surface area contributed by atoms with Crippen molar-refractivity contribution >= 4 is 28.9 Å². The summed E-state index contributed by atoms with van der Waals surface area (Å²) in [5.74, 6) is -0.567. The summed E-state index contributed by atoms with van der Waals surface area (Å²) in [5.41, 5.74) is 3.10. The number of morpholine rings is 1. The molecule has 2 aliphatic rings. The van der Waals surface area contributed by atoms with E-state index < -0.39 is 21.0 Å². The van der Waals surface area contributed by atoms with Gasteiger partial charge in [0.25, 0.3) is 5.91 Å². The molecule has 2 atom stereocenters. The van der Waals surface area contributed by atoms with E-state index in [0.717, 1.165) is 11.3 Å². The van der Waals surface area contributed by atoms with E-state index in [0.29, 0.717) is 38.8 Å². The van der Waals surface area contributed by atoms with Gasteiger partial charge in [0.1, 0.15) is 13.7 Å². The molecule has 1 saturated carbocycles. The van der Waals surface area contributed by atoms with Crippen molar-refractivity contribution in [2.75, 3.05) is 33.4 Å². The molecular weight excluding hydrogens is 556 g/mol. The largest absolute Gasteiger partial charge is 0.494 e. The zero-order chi connectivity index (χ0) is 27.9. The van der Waals surface area contributed by atoms with E-state index in [9.17, 15) is 9.00 Å². The molecular formula is C26H30FN7O4PS+. The van der Waals surface area contributed by atoms with Crippen molar-refractivity contribution in [1.82, 2.24) is 34.0 Å². The molecule has 11 nitrogen and oxygen atoms in total. The molecule has 1 aromatic carbocycles. The van der Waals surface area contributed by atoms with Crippen molar-refractivity contribution < 1.29 is 22.9 Å². The Morgan fingerprint density at radius 3 is 2.75 bits per heavy atom. The number of carbonyl (C=O) groups excluding carboxylic acids is 1. The van der Waals surface area contributed by atoms with Crippen molar-refractivity contribution in [2.45, 2.75) is 36.7 Å². The highest BCUT2D eigenvalue weighted by molar-refractivity contribution is 8.19. The Balaban J connectivity index is 1.17. The molecule has 4 heterocycles. The Morgan fingerprint density at radius 2 is 2.00 bits per heavy atom. The van der Waals surface area contributed by atoms with Crippen LogP contribution in [0, 0.1) is 5.82 Å². The van der Waals surface area contributed by atoms with Crippen LogP contribution in [-0.4, -0.2) is 72.2 Å². The molecule has 1 aliphatic carbocycles. The number of hydrogen-bond donors (Lipinski definition) is 1. The van der Waals surface area contributed by atoms with Gasteiger partial charge in [-0.1, -0.05) is 11.3 Å². The Kier molecular flexibility index (Phi) is 7.30. The van der Waals surface area contributed by atoms with Gasteiger partial charge >= 0.3 is 0 Å². The monoisotopic (exact) mass is 586 g/mol. The molecule has 1 saturated heterocycles. The van der Waals surface area contributed by atoms with Crippen LogP contribution in [0.3, 0.4) is 0 Å². The van der Waals surface area contributed by atoms with Gasteiger partial charge in [-0.15, -0.1) is 5.10 Å². The number of aromatic nitrogens is 5. The number of imidazole rings is 1. The third kappa shape index (κ3) is 5.34. The highest BCUT2D eigenvalue weighted by Crippen LogP contribution is 2.40. The maximum atomic E-state index is 15.4.